The second kappa shape index (κ2) is 7.74. The van der Waals surface area contributed by atoms with E-state index >= 15 is 0 Å². The van der Waals surface area contributed by atoms with Crippen LogP contribution in [0.2, 0.25) is 0 Å². The smallest absolute Gasteiger partial charge is 0.246 e. The van der Waals surface area contributed by atoms with Gasteiger partial charge in [0.05, 0.1) is 0 Å². The molecule has 1 amide bonds. The number of hydrogen-bond donors (Lipinski definition) is 1. The Morgan fingerprint density at radius 1 is 1.11 bits per heavy atom. The van der Waals surface area contributed by atoms with E-state index in [0.717, 1.165) is 27.7 Å². The number of nitrogens with zero attached hydrogens (tertiary/aromatic N) is 1. The van der Waals surface area contributed by atoms with Gasteiger partial charge in [-0.05, 0) is 49.6 Å². The molecule has 1 aliphatic heterocycles. The Morgan fingerprint density at radius 3 is 2.44 bits per heavy atom. The van der Waals surface area contributed by atoms with E-state index in [0.29, 0.717) is 18.9 Å². The predicted molar refractivity (Wildman–Crippen MR) is 97.6 cm³/mol. The van der Waals surface area contributed by atoms with E-state index < -0.39 is 26.6 Å². The number of para-hydroxylation sites is 1. The van der Waals surface area contributed by atoms with Gasteiger partial charge in [0.15, 0.2) is 0 Å². The van der Waals surface area contributed by atoms with Crippen LogP contribution in [0, 0.1) is 24.5 Å². The van der Waals surface area contributed by atoms with Gasteiger partial charge in [-0.25, -0.2) is 17.2 Å². The number of anilines is 1. The van der Waals surface area contributed by atoms with Crippen molar-refractivity contribution in [3.8, 4) is 0 Å². The molecule has 0 radical (unpaired) electrons. The minimum absolute atomic E-state index is 0.0736. The first-order valence-electron chi connectivity index (χ1n) is 8.61. The number of halogens is 2. The zero-order valence-corrected chi connectivity index (χ0v) is 15.6. The molecule has 1 aliphatic rings. The molecular formula is C19H20F2N2O3S. The quantitative estimate of drug-likeness (QED) is 0.865. The molecular weight excluding hydrogens is 374 g/mol. The van der Waals surface area contributed by atoms with Crippen molar-refractivity contribution in [3.05, 3.63) is 59.7 Å². The highest BCUT2D eigenvalue weighted by Crippen LogP contribution is 2.27. The molecule has 0 saturated carbocycles. The van der Waals surface area contributed by atoms with Crippen LogP contribution in [-0.2, 0) is 14.8 Å². The lowest BCUT2D eigenvalue weighted by Gasteiger charge is -2.30. The maximum atomic E-state index is 13.9. The van der Waals surface area contributed by atoms with Crippen LogP contribution in [-0.4, -0.2) is 31.7 Å². The highest BCUT2D eigenvalue weighted by Gasteiger charge is 2.33. The topological polar surface area (TPSA) is 66.5 Å². The molecule has 0 unspecified atom stereocenters. The zero-order valence-electron chi connectivity index (χ0n) is 14.8. The van der Waals surface area contributed by atoms with Gasteiger partial charge in [-0.3, -0.25) is 4.79 Å². The second-order valence-electron chi connectivity index (χ2n) is 6.56. The van der Waals surface area contributed by atoms with E-state index in [-0.39, 0.29) is 24.9 Å². The number of aryl methyl sites for hydroxylation is 1. The summed E-state index contributed by atoms with van der Waals surface area (Å²) in [6.07, 6.45) is 0.627. The second-order valence-corrected chi connectivity index (χ2v) is 8.46. The first-order chi connectivity index (χ1) is 12.8. The van der Waals surface area contributed by atoms with Gasteiger partial charge >= 0.3 is 0 Å². The molecule has 0 aromatic heterocycles. The van der Waals surface area contributed by atoms with E-state index in [1.54, 1.807) is 6.07 Å². The maximum absolute atomic E-state index is 13.9. The third-order valence-corrected chi connectivity index (χ3v) is 6.65. The van der Waals surface area contributed by atoms with Gasteiger partial charge < -0.3 is 5.32 Å². The van der Waals surface area contributed by atoms with Crippen LogP contribution in [0.1, 0.15) is 18.4 Å². The van der Waals surface area contributed by atoms with Crippen LogP contribution >= 0.6 is 0 Å². The number of piperidine rings is 1. The number of nitrogens with one attached hydrogen (secondary N) is 1. The van der Waals surface area contributed by atoms with Crippen molar-refractivity contribution in [2.24, 2.45) is 5.92 Å². The molecule has 0 spiro atoms. The maximum Gasteiger partial charge on any atom is 0.246 e. The summed E-state index contributed by atoms with van der Waals surface area (Å²) in [4.78, 5) is 11.8. The molecule has 2 aromatic carbocycles. The standard InChI is InChI=1S/C19H20F2N2O3S/c1-13-4-2-3-5-17(13)22-19(24)14-8-10-23(11-9-14)27(25,26)18-12-15(20)6-7-16(18)21/h2-7,12,14H,8-11H2,1H3,(H,22,24). The minimum atomic E-state index is -4.14. The Bertz CT molecular complexity index is 955. The fourth-order valence-corrected chi connectivity index (χ4v) is 4.67. The van der Waals surface area contributed by atoms with Gasteiger partial charge in [0.1, 0.15) is 16.5 Å². The van der Waals surface area contributed by atoms with E-state index in [9.17, 15) is 22.0 Å². The Balaban J connectivity index is 1.67. The fraction of sp³-hybridized carbons (Fsp3) is 0.316. The molecule has 8 heteroatoms. The first kappa shape index (κ1) is 19.4. The summed E-state index contributed by atoms with van der Waals surface area (Å²) in [7, 11) is -4.14. The van der Waals surface area contributed by atoms with Crippen molar-refractivity contribution in [2.45, 2.75) is 24.7 Å². The molecule has 1 N–H and O–H groups in total. The number of benzene rings is 2. The zero-order chi connectivity index (χ0) is 19.6. The molecule has 2 aromatic rings. The summed E-state index contributed by atoms with van der Waals surface area (Å²) in [5.74, 6) is -2.31. The van der Waals surface area contributed by atoms with E-state index in [1.165, 1.54) is 0 Å². The number of rotatable bonds is 4. The lowest BCUT2D eigenvalue weighted by atomic mass is 9.97. The fourth-order valence-electron chi connectivity index (χ4n) is 3.12. The molecule has 5 nitrogen and oxygen atoms in total. The normalized spacial score (nSPS) is 16.3. The Kier molecular flexibility index (Phi) is 5.57. The molecule has 144 valence electrons. The van der Waals surface area contributed by atoms with Crippen LogP contribution in [0.3, 0.4) is 0 Å². The minimum Gasteiger partial charge on any atom is -0.326 e. The Morgan fingerprint density at radius 2 is 1.78 bits per heavy atom. The summed E-state index contributed by atoms with van der Waals surface area (Å²) in [5, 5.41) is 2.87. The predicted octanol–water partition coefficient (Wildman–Crippen LogP) is 3.31. The van der Waals surface area contributed by atoms with Crippen molar-refractivity contribution in [1.29, 1.82) is 0 Å². The average molecular weight is 394 g/mol. The number of sulfonamides is 1. The van der Waals surface area contributed by atoms with Gasteiger partial charge in [-0.2, -0.15) is 4.31 Å². The van der Waals surface area contributed by atoms with Crippen molar-refractivity contribution in [1.82, 2.24) is 4.31 Å². The number of hydrogen-bond acceptors (Lipinski definition) is 3. The lowest BCUT2D eigenvalue weighted by Crippen LogP contribution is -2.41. The van der Waals surface area contributed by atoms with Crippen LogP contribution in [0.15, 0.2) is 47.4 Å². The molecule has 3 rings (SSSR count). The molecule has 0 aliphatic carbocycles. The molecule has 0 bridgehead atoms. The molecule has 1 heterocycles. The monoisotopic (exact) mass is 394 g/mol. The summed E-state index contributed by atoms with van der Waals surface area (Å²) < 4.78 is 53.5. The van der Waals surface area contributed by atoms with E-state index in [4.69, 9.17) is 0 Å². The summed E-state index contributed by atoms with van der Waals surface area (Å²) >= 11 is 0. The summed E-state index contributed by atoms with van der Waals surface area (Å²) in [5.41, 5.74) is 1.66. The van der Waals surface area contributed by atoms with Crippen molar-refractivity contribution < 1.29 is 22.0 Å². The largest absolute Gasteiger partial charge is 0.326 e. The Labute approximate surface area is 157 Å². The van der Waals surface area contributed by atoms with Crippen molar-refractivity contribution >= 4 is 21.6 Å². The summed E-state index contributed by atoms with van der Waals surface area (Å²) in [6, 6.07) is 9.74. The number of amides is 1. The number of carbonyl (C=O) groups is 1. The first-order valence-corrected chi connectivity index (χ1v) is 10.0. The van der Waals surface area contributed by atoms with E-state index in [2.05, 4.69) is 5.32 Å². The van der Waals surface area contributed by atoms with Gasteiger partial charge in [0.25, 0.3) is 0 Å². The summed E-state index contributed by atoms with van der Waals surface area (Å²) in [6.45, 7) is 2.03. The highest BCUT2D eigenvalue weighted by molar-refractivity contribution is 7.89. The SMILES string of the molecule is Cc1ccccc1NC(=O)C1CCN(S(=O)(=O)c2cc(F)ccc2F)CC1. The van der Waals surface area contributed by atoms with Gasteiger partial charge in [0, 0.05) is 24.7 Å². The average Bonchev–Trinajstić information content (AvgIpc) is 2.65. The Hall–Kier alpha value is -2.32. The van der Waals surface area contributed by atoms with Crippen LogP contribution < -0.4 is 5.32 Å². The lowest BCUT2D eigenvalue weighted by molar-refractivity contribution is -0.120. The molecule has 1 fully saturated rings. The van der Waals surface area contributed by atoms with Crippen molar-refractivity contribution in [2.75, 3.05) is 18.4 Å². The van der Waals surface area contributed by atoms with Crippen LogP contribution in [0.25, 0.3) is 0 Å². The molecule has 0 atom stereocenters. The third kappa shape index (κ3) is 4.17. The van der Waals surface area contributed by atoms with Crippen LogP contribution in [0.5, 0.6) is 0 Å². The van der Waals surface area contributed by atoms with Gasteiger partial charge in [-0.1, -0.05) is 18.2 Å². The highest BCUT2D eigenvalue weighted by atomic mass is 32.2. The third-order valence-electron chi connectivity index (χ3n) is 4.74. The van der Waals surface area contributed by atoms with Crippen LogP contribution in [0.4, 0.5) is 14.5 Å². The van der Waals surface area contributed by atoms with Gasteiger partial charge in [-0.15, -0.1) is 0 Å². The molecule has 27 heavy (non-hydrogen) atoms. The molecule has 1 saturated heterocycles. The van der Waals surface area contributed by atoms with Crippen molar-refractivity contribution in [3.63, 3.8) is 0 Å². The van der Waals surface area contributed by atoms with E-state index in [1.807, 2.05) is 25.1 Å². The number of carbonyl (C=O) groups excluding carboxylic acids is 1. The van der Waals surface area contributed by atoms with Gasteiger partial charge in [0.2, 0.25) is 15.9 Å².